The highest BCUT2D eigenvalue weighted by Gasteiger charge is 2.28. The van der Waals surface area contributed by atoms with Crippen LogP contribution >= 0.6 is 11.6 Å². The Balaban J connectivity index is 1.79. The SMILES string of the molecule is Clc1ccc2c(c1)[C@H](c1ccccc1)C[C@H](c1ccccc1)N2. The lowest BCUT2D eigenvalue weighted by molar-refractivity contribution is 0.603. The Hall–Kier alpha value is -2.25. The summed E-state index contributed by atoms with van der Waals surface area (Å²) in [4.78, 5) is 0. The van der Waals surface area contributed by atoms with Crippen LogP contribution in [0.2, 0.25) is 5.02 Å². The van der Waals surface area contributed by atoms with Crippen molar-refractivity contribution in [2.45, 2.75) is 18.4 Å². The monoisotopic (exact) mass is 319 g/mol. The van der Waals surface area contributed by atoms with Gasteiger partial charge < -0.3 is 5.32 Å². The summed E-state index contributed by atoms with van der Waals surface area (Å²) < 4.78 is 0. The van der Waals surface area contributed by atoms with Crippen molar-refractivity contribution in [1.29, 1.82) is 0 Å². The molecule has 3 aromatic rings. The second-order valence-corrected chi connectivity index (χ2v) is 6.47. The molecule has 0 unspecified atom stereocenters. The number of hydrogen-bond donors (Lipinski definition) is 1. The summed E-state index contributed by atoms with van der Waals surface area (Å²) >= 11 is 6.26. The molecule has 0 aromatic heterocycles. The molecule has 4 rings (SSSR count). The molecule has 1 aliphatic rings. The Morgan fingerprint density at radius 2 is 1.43 bits per heavy atom. The summed E-state index contributed by atoms with van der Waals surface area (Å²) in [6.07, 6.45) is 1.03. The molecule has 0 saturated carbocycles. The van der Waals surface area contributed by atoms with Gasteiger partial charge in [-0.3, -0.25) is 0 Å². The first-order valence-corrected chi connectivity index (χ1v) is 8.35. The molecule has 2 heteroatoms. The maximum Gasteiger partial charge on any atom is 0.0523 e. The minimum atomic E-state index is 0.315. The molecule has 2 atom stereocenters. The van der Waals surface area contributed by atoms with Crippen LogP contribution in [0.5, 0.6) is 0 Å². The molecule has 1 N–H and O–H groups in total. The van der Waals surface area contributed by atoms with Gasteiger partial charge in [-0.05, 0) is 41.3 Å². The first-order chi connectivity index (χ1) is 11.3. The average Bonchev–Trinajstić information content (AvgIpc) is 2.62. The predicted octanol–water partition coefficient (Wildman–Crippen LogP) is 6.03. The van der Waals surface area contributed by atoms with Gasteiger partial charge in [-0.25, -0.2) is 0 Å². The Bertz CT molecular complexity index is 799. The van der Waals surface area contributed by atoms with E-state index in [1.807, 2.05) is 6.07 Å². The molecule has 1 nitrogen and oxygen atoms in total. The van der Waals surface area contributed by atoms with E-state index in [1.54, 1.807) is 0 Å². The van der Waals surface area contributed by atoms with Gasteiger partial charge in [0.25, 0.3) is 0 Å². The summed E-state index contributed by atoms with van der Waals surface area (Å²) in [5.74, 6) is 0.358. The maximum absolute atomic E-state index is 6.26. The van der Waals surface area contributed by atoms with Gasteiger partial charge in [0.2, 0.25) is 0 Å². The van der Waals surface area contributed by atoms with Crippen LogP contribution in [0.25, 0.3) is 0 Å². The molecular formula is C21H18ClN. The molecule has 0 aliphatic carbocycles. The summed E-state index contributed by atoms with van der Waals surface area (Å²) in [6.45, 7) is 0. The van der Waals surface area contributed by atoms with Crippen LogP contribution < -0.4 is 5.32 Å². The Labute approximate surface area is 141 Å². The van der Waals surface area contributed by atoms with Crippen molar-refractivity contribution in [3.8, 4) is 0 Å². The number of benzene rings is 3. The molecule has 114 valence electrons. The quantitative estimate of drug-likeness (QED) is 0.608. The van der Waals surface area contributed by atoms with Crippen molar-refractivity contribution in [1.82, 2.24) is 0 Å². The maximum atomic E-state index is 6.26. The number of rotatable bonds is 2. The Morgan fingerprint density at radius 3 is 2.13 bits per heavy atom. The standard InChI is InChI=1S/C21H18ClN/c22-17-11-12-20-19(13-17)18(15-7-3-1-4-8-15)14-21(23-20)16-9-5-2-6-10-16/h1-13,18,21,23H,14H2/t18-,21+/m0/s1. The van der Waals surface area contributed by atoms with E-state index < -0.39 is 0 Å². The lowest BCUT2D eigenvalue weighted by Gasteiger charge is -2.34. The molecular weight excluding hydrogens is 302 g/mol. The van der Waals surface area contributed by atoms with E-state index in [2.05, 4.69) is 78.1 Å². The molecule has 0 bridgehead atoms. The molecule has 1 heterocycles. The first kappa shape index (κ1) is 14.3. The van der Waals surface area contributed by atoms with Gasteiger partial charge in [0.1, 0.15) is 0 Å². The largest absolute Gasteiger partial charge is 0.378 e. The zero-order valence-electron chi connectivity index (χ0n) is 12.7. The van der Waals surface area contributed by atoms with Crippen LogP contribution in [0.1, 0.15) is 35.1 Å². The van der Waals surface area contributed by atoms with Crippen molar-refractivity contribution in [3.63, 3.8) is 0 Å². The molecule has 0 radical (unpaired) electrons. The molecule has 0 fully saturated rings. The molecule has 0 spiro atoms. The zero-order valence-corrected chi connectivity index (χ0v) is 13.5. The van der Waals surface area contributed by atoms with Crippen LogP contribution in [0.15, 0.2) is 78.9 Å². The van der Waals surface area contributed by atoms with Gasteiger partial charge in [0.15, 0.2) is 0 Å². The summed E-state index contributed by atoms with van der Waals surface area (Å²) in [7, 11) is 0. The van der Waals surface area contributed by atoms with Crippen molar-refractivity contribution in [2.75, 3.05) is 5.32 Å². The smallest absolute Gasteiger partial charge is 0.0523 e. The molecule has 3 aromatic carbocycles. The van der Waals surface area contributed by atoms with Crippen LogP contribution in [-0.4, -0.2) is 0 Å². The molecule has 1 aliphatic heterocycles. The van der Waals surface area contributed by atoms with Crippen molar-refractivity contribution in [3.05, 3.63) is 101 Å². The highest BCUT2D eigenvalue weighted by atomic mass is 35.5. The molecule has 0 saturated heterocycles. The Morgan fingerprint density at radius 1 is 0.783 bits per heavy atom. The lowest BCUT2D eigenvalue weighted by Crippen LogP contribution is -2.22. The third-order valence-corrected chi connectivity index (χ3v) is 4.83. The fourth-order valence-electron chi connectivity index (χ4n) is 3.47. The van der Waals surface area contributed by atoms with Gasteiger partial charge >= 0.3 is 0 Å². The Kier molecular flexibility index (Phi) is 3.80. The van der Waals surface area contributed by atoms with Crippen LogP contribution in [0.4, 0.5) is 5.69 Å². The van der Waals surface area contributed by atoms with E-state index in [1.165, 1.54) is 22.4 Å². The minimum Gasteiger partial charge on any atom is -0.378 e. The number of halogens is 1. The van der Waals surface area contributed by atoms with Crippen molar-refractivity contribution < 1.29 is 0 Å². The zero-order chi connectivity index (χ0) is 15.6. The second-order valence-electron chi connectivity index (χ2n) is 6.04. The van der Waals surface area contributed by atoms with Gasteiger partial charge in [0, 0.05) is 16.6 Å². The van der Waals surface area contributed by atoms with Gasteiger partial charge in [0.05, 0.1) is 6.04 Å². The topological polar surface area (TPSA) is 12.0 Å². The second kappa shape index (κ2) is 6.10. The normalized spacial score (nSPS) is 19.7. The van der Waals surface area contributed by atoms with E-state index in [4.69, 9.17) is 11.6 Å². The van der Waals surface area contributed by atoms with Gasteiger partial charge in [-0.1, -0.05) is 72.3 Å². The van der Waals surface area contributed by atoms with E-state index in [9.17, 15) is 0 Å². The van der Waals surface area contributed by atoms with Crippen LogP contribution in [0.3, 0.4) is 0 Å². The van der Waals surface area contributed by atoms with Gasteiger partial charge in [-0.15, -0.1) is 0 Å². The minimum absolute atomic E-state index is 0.315. The fourth-order valence-corrected chi connectivity index (χ4v) is 3.65. The van der Waals surface area contributed by atoms with Crippen LogP contribution in [-0.2, 0) is 0 Å². The van der Waals surface area contributed by atoms with Crippen molar-refractivity contribution >= 4 is 17.3 Å². The summed E-state index contributed by atoms with van der Waals surface area (Å²) in [5.41, 5.74) is 5.15. The number of nitrogens with one attached hydrogen (secondary N) is 1. The van der Waals surface area contributed by atoms with E-state index in [0.717, 1.165) is 11.4 Å². The van der Waals surface area contributed by atoms with Crippen LogP contribution in [0, 0.1) is 0 Å². The van der Waals surface area contributed by atoms with E-state index in [0.29, 0.717) is 12.0 Å². The summed E-state index contributed by atoms with van der Waals surface area (Å²) in [6, 6.07) is 27.8. The number of anilines is 1. The average molecular weight is 320 g/mol. The fraction of sp³-hybridized carbons (Fsp3) is 0.143. The number of hydrogen-bond acceptors (Lipinski definition) is 1. The number of fused-ring (bicyclic) bond motifs is 1. The summed E-state index contributed by atoms with van der Waals surface area (Å²) in [5, 5.41) is 4.48. The highest BCUT2D eigenvalue weighted by molar-refractivity contribution is 6.30. The molecule has 0 amide bonds. The van der Waals surface area contributed by atoms with Crippen molar-refractivity contribution in [2.24, 2.45) is 0 Å². The van der Waals surface area contributed by atoms with Gasteiger partial charge in [-0.2, -0.15) is 0 Å². The van der Waals surface area contributed by atoms with E-state index in [-0.39, 0.29) is 0 Å². The third-order valence-electron chi connectivity index (χ3n) is 4.59. The van der Waals surface area contributed by atoms with E-state index >= 15 is 0 Å². The highest BCUT2D eigenvalue weighted by Crippen LogP contribution is 2.44. The first-order valence-electron chi connectivity index (χ1n) is 7.97. The lowest BCUT2D eigenvalue weighted by atomic mass is 9.80. The predicted molar refractivity (Wildman–Crippen MR) is 97.2 cm³/mol. The molecule has 23 heavy (non-hydrogen) atoms. The third kappa shape index (κ3) is 2.85.